The fraction of sp³-hybridized carbons (Fsp3) is 0.684. The van der Waals surface area contributed by atoms with E-state index in [0.717, 1.165) is 24.4 Å². The summed E-state index contributed by atoms with van der Waals surface area (Å²) in [5, 5.41) is 3.76. The van der Waals surface area contributed by atoms with Gasteiger partial charge in [-0.25, -0.2) is 0 Å². The smallest absolute Gasteiger partial charge is 0.0449 e. The van der Waals surface area contributed by atoms with E-state index in [1.165, 1.54) is 44.3 Å². The minimum atomic E-state index is 0.507. The van der Waals surface area contributed by atoms with Crippen LogP contribution < -0.4 is 5.32 Å². The second-order valence-electron chi connectivity index (χ2n) is 7.17. The van der Waals surface area contributed by atoms with Crippen LogP contribution in [0.25, 0.3) is 0 Å². The quantitative estimate of drug-likeness (QED) is 0.904. The van der Waals surface area contributed by atoms with Crippen LogP contribution >= 0.6 is 0 Å². The van der Waals surface area contributed by atoms with Gasteiger partial charge in [0, 0.05) is 31.7 Å². The predicted molar refractivity (Wildman–Crippen MR) is 89.3 cm³/mol. The largest absolute Gasteiger partial charge is 0.307 e. The third-order valence-corrected chi connectivity index (χ3v) is 5.50. The van der Waals surface area contributed by atoms with E-state index in [4.69, 9.17) is 0 Å². The Kier molecular flexibility index (Phi) is 4.97. The molecule has 0 radical (unpaired) electrons. The van der Waals surface area contributed by atoms with Gasteiger partial charge in [-0.1, -0.05) is 50.6 Å². The van der Waals surface area contributed by atoms with Crippen LogP contribution in [0.4, 0.5) is 0 Å². The first-order valence-electron chi connectivity index (χ1n) is 8.78. The Bertz CT molecular complexity index is 430. The summed E-state index contributed by atoms with van der Waals surface area (Å²) in [5.41, 5.74) is 1.44. The number of nitrogens with zero attached hydrogens (tertiary/aromatic N) is 1. The Hall–Kier alpha value is -0.860. The Morgan fingerprint density at radius 2 is 2.00 bits per heavy atom. The molecule has 0 amide bonds. The average molecular weight is 286 g/mol. The summed E-state index contributed by atoms with van der Waals surface area (Å²) in [7, 11) is 0. The minimum Gasteiger partial charge on any atom is -0.307 e. The summed E-state index contributed by atoms with van der Waals surface area (Å²) in [6.07, 6.45) is 5.58. The molecule has 2 aliphatic rings. The third kappa shape index (κ3) is 3.67. The normalized spacial score (nSPS) is 34.2. The van der Waals surface area contributed by atoms with Crippen LogP contribution in [0.2, 0.25) is 0 Å². The first kappa shape index (κ1) is 15.1. The van der Waals surface area contributed by atoms with Crippen molar-refractivity contribution in [1.82, 2.24) is 10.2 Å². The molecule has 1 saturated heterocycles. The lowest BCUT2D eigenvalue weighted by molar-refractivity contribution is 0.107. The summed E-state index contributed by atoms with van der Waals surface area (Å²) < 4.78 is 0. The molecule has 3 rings (SSSR count). The van der Waals surface area contributed by atoms with Crippen molar-refractivity contribution < 1.29 is 0 Å². The molecular weight excluding hydrogens is 256 g/mol. The highest BCUT2D eigenvalue weighted by Gasteiger charge is 2.31. The molecular formula is C19H30N2. The summed E-state index contributed by atoms with van der Waals surface area (Å²) in [6, 6.07) is 12.2. The molecule has 0 aromatic heterocycles. The minimum absolute atomic E-state index is 0.507. The second-order valence-corrected chi connectivity index (χ2v) is 7.17. The van der Waals surface area contributed by atoms with Gasteiger partial charge in [-0.15, -0.1) is 0 Å². The van der Waals surface area contributed by atoms with Gasteiger partial charge in [0.15, 0.2) is 0 Å². The predicted octanol–water partition coefficient (Wildman–Crippen LogP) is 3.85. The van der Waals surface area contributed by atoms with Gasteiger partial charge in [0.25, 0.3) is 0 Å². The SMILES string of the molecule is CCC1CNC(c2ccccc2)CN1CC1CCC(C)C1. The lowest BCUT2D eigenvalue weighted by Gasteiger charge is -2.41. The van der Waals surface area contributed by atoms with E-state index in [-0.39, 0.29) is 0 Å². The lowest BCUT2D eigenvalue weighted by Crippen LogP contribution is -2.53. The number of hydrogen-bond acceptors (Lipinski definition) is 2. The van der Waals surface area contributed by atoms with Gasteiger partial charge in [0.05, 0.1) is 0 Å². The number of nitrogens with one attached hydrogen (secondary N) is 1. The zero-order valence-corrected chi connectivity index (χ0v) is 13.6. The summed E-state index contributed by atoms with van der Waals surface area (Å²) in [4.78, 5) is 2.77. The molecule has 4 unspecified atom stereocenters. The Morgan fingerprint density at radius 3 is 2.67 bits per heavy atom. The van der Waals surface area contributed by atoms with E-state index in [0.29, 0.717) is 6.04 Å². The molecule has 4 atom stereocenters. The molecule has 0 spiro atoms. The van der Waals surface area contributed by atoms with Gasteiger partial charge in [0.2, 0.25) is 0 Å². The monoisotopic (exact) mass is 286 g/mol. The second kappa shape index (κ2) is 6.93. The lowest BCUT2D eigenvalue weighted by atomic mass is 9.98. The van der Waals surface area contributed by atoms with Gasteiger partial charge >= 0.3 is 0 Å². The Morgan fingerprint density at radius 1 is 1.19 bits per heavy atom. The first-order valence-corrected chi connectivity index (χ1v) is 8.78. The molecule has 1 aromatic rings. The standard InChI is InChI=1S/C19H30N2/c1-3-18-12-20-19(17-7-5-4-6-8-17)14-21(18)13-16-10-9-15(2)11-16/h4-8,15-16,18-20H,3,9-14H2,1-2H3. The van der Waals surface area contributed by atoms with Crippen LogP contribution in [0.5, 0.6) is 0 Å². The molecule has 1 aliphatic carbocycles. The molecule has 1 saturated carbocycles. The van der Waals surface area contributed by atoms with Crippen molar-refractivity contribution in [3.8, 4) is 0 Å². The van der Waals surface area contributed by atoms with E-state index in [2.05, 4.69) is 54.4 Å². The van der Waals surface area contributed by atoms with Gasteiger partial charge in [0.1, 0.15) is 0 Å². The van der Waals surface area contributed by atoms with E-state index >= 15 is 0 Å². The maximum atomic E-state index is 3.76. The van der Waals surface area contributed by atoms with Crippen LogP contribution in [0.1, 0.15) is 51.1 Å². The van der Waals surface area contributed by atoms with Gasteiger partial charge < -0.3 is 5.32 Å². The molecule has 1 aromatic carbocycles. The highest BCUT2D eigenvalue weighted by Crippen LogP contribution is 2.32. The van der Waals surface area contributed by atoms with Crippen molar-refractivity contribution in [1.29, 1.82) is 0 Å². The van der Waals surface area contributed by atoms with Crippen molar-refractivity contribution in [3.05, 3.63) is 35.9 Å². The van der Waals surface area contributed by atoms with Gasteiger partial charge in [-0.05, 0) is 36.7 Å². The zero-order chi connectivity index (χ0) is 14.7. The molecule has 2 nitrogen and oxygen atoms in total. The van der Waals surface area contributed by atoms with Crippen molar-refractivity contribution in [2.24, 2.45) is 11.8 Å². The van der Waals surface area contributed by atoms with Crippen LogP contribution in [0.3, 0.4) is 0 Å². The topological polar surface area (TPSA) is 15.3 Å². The van der Waals surface area contributed by atoms with Crippen LogP contribution in [0, 0.1) is 11.8 Å². The summed E-state index contributed by atoms with van der Waals surface area (Å²) in [5.74, 6) is 1.88. The van der Waals surface area contributed by atoms with Crippen molar-refractivity contribution in [3.63, 3.8) is 0 Å². The van der Waals surface area contributed by atoms with Crippen molar-refractivity contribution >= 4 is 0 Å². The van der Waals surface area contributed by atoms with E-state index in [1.54, 1.807) is 0 Å². The summed E-state index contributed by atoms with van der Waals surface area (Å²) in [6.45, 7) is 8.38. The first-order chi connectivity index (χ1) is 10.3. The number of piperazine rings is 1. The fourth-order valence-electron chi connectivity index (χ4n) is 4.21. The van der Waals surface area contributed by atoms with E-state index < -0.39 is 0 Å². The number of hydrogen-bond donors (Lipinski definition) is 1. The van der Waals surface area contributed by atoms with E-state index in [1.807, 2.05) is 0 Å². The zero-order valence-electron chi connectivity index (χ0n) is 13.6. The molecule has 21 heavy (non-hydrogen) atoms. The third-order valence-electron chi connectivity index (χ3n) is 5.50. The van der Waals surface area contributed by atoms with Crippen LogP contribution in [-0.4, -0.2) is 30.6 Å². The maximum Gasteiger partial charge on any atom is 0.0449 e. The van der Waals surface area contributed by atoms with Crippen molar-refractivity contribution in [2.45, 2.75) is 51.6 Å². The Balaban J connectivity index is 1.64. The fourth-order valence-corrected chi connectivity index (χ4v) is 4.21. The average Bonchev–Trinajstić information content (AvgIpc) is 2.93. The molecule has 2 heteroatoms. The molecule has 1 heterocycles. The van der Waals surface area contributed by atoms with Crippen LogP contribution in [-0.2, 0) is 0 Å². The molecule has 2 fully saturated rings. The van der Waals surface area contributed by atoms with Gasteiger partial charge in [-0.2, -0.15) is 0 Å². The summed E-state index contributed by atoms with van der Waals surface area (Å²) >= 11 is 0. The maximum absolute atomic E-state index is 3.76. The highest BCUT2D eigenvalue weighted by atomic mass is 15.2. The molecule has 1 aliphatic heterocycles. The molecule has 0 bridgehead atoms. The highest BCUT2D eigenvalue weighted by molar-refractivity contribution is 5.20. The van der Waals surface area contributed by atoms with Crippen LogP contribution in [0.15, 0.2) is 30.3 Å². The van der Waals surface area contributed by atoms with Gasteiger partial charge in [-0.3, -0.25) is 4.90 Å². The van der Waals surface area contributed by atoms with E-state index in [9.17, 15) is 0 Å². The molecule has 1 N–H and O–H groups in total. The molecule has 116 valence electrons. The Labute approximate surface area is 129 Å². The number of rotatable bonds is 4. The number of benzene rings is 1. The van der Waals surface area contributed by atoms with Crippen molar-refractivity contribution in [2.75, 3.05) is 19.6 Å².